The molecule has 17 heavy (non-hydrogen) atoms. The van der Waals surface area contributed by atoms with Crippen LogP contribution in [-0.4, -0.2) is 18.1 Å². The first-order valence-corrected chi connectivity index (χ1v) is 4.94. The molecule has 4 nitrogen and oxygen atoms in total. The molecule has 0 aliphatic carbocycles. The summed E-state index contributed by atoms with van der Waals surface area (Å²) in [5, 5.41) is 0.209. The Morgan fingerprint density at radius 3 is 2.71 bits per heavy atom. The van der Waals surface area contributed by atoms with Crippen LogP contribution < -0.4 is 5.43 Å². The average molecular weight is 235 g/mol. The van der Waals surface area contributed by atoms with E-state index in [-0.39, 0.29) is 11.1 Å². The molecule has 88 valence electrons. The molecule has 5 heteroatoms. The van der Waals surface area contributed by atoms with Crippen LogP contribution in [0.3, 0.4) is 0 Å². The Hall–Kier alpha value is -2.17. The number of pyridine rings is 1. The molecule has 2 aromatic rings. The number of carbonyl (C=O) groups excluding carboxylic acids is 1. The third kappa shape index (κ3) is 1.91. The van der Waals surface area contributed by atoms with Gasteiger partial charge in [-0.25, -0.2) is 9.18 Å². The predicted molar refractivity (Wildman–Crippen MR) is 60.6 cm³/mol. The molecule has 0 amide bonds. The van der Waals surface area contributed by atoms with Crippen molar-refractivity contribution in [1.29, 1.82) is 0 Å². The maximum absolute atomic E-state index is 13.3. The van der Waals surface area contributed by atoms with Crippen LogP contribution in [0, 0.1) is 12.7 Å². The Morgan fingerprint density at radius 1 is 1.35 bits per heavy atom. The molecule has 0 bridgehead atoms. The van der Waals surface area contributed by atoms with Gasteiger partial charge in [-0.2, -0.15) is 0 Å². The summed E-state index contributed by atoms with van der Waals surface area (Å²) in [6, 6.07) is 3.74. The molecule has 0 aliphatic rings. The van der Waals surface area contributed by atoms with Gasteiger partial charge in [-0.05, 0) is 24.6 Å². The van der Waals surface area contributed by atoms with Gasteiger partial charge in [0.15, 0.2) is 5.43 Å². The van der Waals surface area contributed by atoms with E-state index in [0.717, 1.165) is 12.1 Å². The summed E-state index contributed by atoms with van der Waals surface area (Å²) in [4.78, 5) is 25.7. The van der Waals surface area contributed by atoms with Gasteiger partial charge < -0.3 is 9.72 Å². The number of ether oxygens (including phenoxy) is 1. The molecule has 0 radical (unpaired) electrons. The highest BCUT2D eigenvalue weighted by Crippen LogP contribution is 2.14. The van der Waals surface area contributed by atoms with Gasteiger partial charge in [-0.3, -0.25) is 4.79 Å². The number of rotatable bonds is 1. The highest BCUT2D eigenvalue weighted by molar-refractivity contribution is 5.91. The van der Waals surface area contributed by atoms with Gasteiger partial charge in [0.2, 0.25) is 0 Å². The van der Waals surface area contributed by atoms with Crippen LogP contribution in [0.1, 0.15) is 16.1 Å². The molecule has 2 rings (SSSR count). The number of benzene rings is 1. The number of halogens is 1. The number of aromatic amines is 1. The summed E-state index contributed by atoms with van der Waals surface area (Å²) in [6.45, 7) is 1.58. The summed E-state index contributed by atoms with van der Waals surface area (Å²) in [7, 11) is 1.22. The van der Waals surface area contributed by atoms with E-state index in [9.17, 15) is 14.0 Å². The second kappa shape index (κ2) is 4.01. The van der Waals surface area contributed by atoms with E-state index < -0.39 is 17.2 Å². The molecule has 1 aromatic carbocycles. The second-order valence-electron chi connectivity index (χ2n) is 3.69. The molecule has 1 aromatic heterocycles. The Morgan fingerprint density at radius 2 is 2.06 bits per heavy atom. The van der Waals surface area contributed by atoms with Crippen molar-refractivity contribution >= 4 is 16.9 Å². The molecule has 0 saturated heterocycles. The first kappa shape index (κ1) is 11.3. The smallest absolute Gasteiger partial charge is 0.354 e. The largest absolute Gasteiger partial charge is 0.464 e. The van der Waals surface area contributed by atoms with Gasteiger partial charge in [0.25, 0.3) is 0 Å². The van der Waals surface area contributed by atoms with Crippen molar-refractivity contribution in [3.05, 3.63) is 45.5 Å². The van der Waals surface area contributed by atoms with Crippen molar-refractivity contribution in [1.82, 2.24) is 4.98 Å². The number of fused-ring (bicyclic) bond motifs is 1. The number of methoxy groups -OCH3 is 1. The fourth-order valence-corrected chi connectivity index (χ4v) is 1.60. The van der Waals surface area contributed by atoms with Crippen LogP contribution in [0.15, 0.2) is 23.0 Å². The van der Waals surface area contributed by atoms with Gasteiger partial charge in [0, 0.05) is 11.5 Å². The molecular formula is C12H10FNO3. The van der Waals surface area contributed by atoms with Crippen LogP contribution in [0.25, 0.3) is 10.9 Å². The third-order valence-corrected chi connectivity index (χ3v) is 2.51. The van der Waals surface area contributed by atoms with Gasteiger partial charge in [0.1, 0.15) is 11.5 Å². The number of hydrogen-bond donors (Lipinski definition) is 1. The summed E-state index contributed by atoms with van der Waals surface area (Å²) in [6.07, 6.45) is 0. The lowest BCUT2D eigenvalue weighted by molar-refractivity contribution is 0.0594. The van der Waals surface area contributed by atoms with E-state index in [1.807, 2.05) is 0 Å². The Labute approximate surface area is 96.0 Å². The zero-order valence-corrected chi connectivity index (χ0v) is 9.33. The van der Waals surface area contributed by atoms with E-state index in [1.165, 1.54) is 13.2 Å². The van der Waals surface area contributed by atoms with Gasteiger partial charge in [0.05, 0.1) is 12.6 Å². The van der Waals surface area contributed by atoms with E-state index in [1.54, 1.807) is 6.92 Å². The van der Waals surface area contributed by atoms with E-state index in [0.29, 0.717) is 11.1 Å². The minimum Gasteiger partial charge on any atom is -0.464 e. The van der Waals surface area contributed by atoms with Crippen LogP contribution in [0.5, 0.6) is 0 Å². The quantitative estimate of drug-likeness (QED) is 0.766. The molecule has 0 unspecified atom stereocenters. The number of aromatic nitrogens is 1. The average Bonchev–Trinajstić information content (AvgIpc) is 2.30. The predicted octanol–water partition coefficient (Wildman–Crippen LogP) is 1.76. The zero-order chi connectivity index (χ0) is 12.6. The van der Waals surface area contributed by atoms with Crippen LogP contribution in [0.2, 0.25) is 0 Å². The maximum Gasteiger partial charge on any atom is 0.354 e. The molecule has 0 saturated carbocycles. The summed E-state index contributed by atoms with van der Waals surface area (Å²) in [5.74, 6) is -1.08. The summed E-state index contributed by atoms with van der Waals surface area (Å²) < 4.78 is 17.8. The molecule has 0 spiro atoms. The van der Waals surface area contributed by atoms with Crippen LogP contribution in [-0.2, 0) is 4.74 Å². The molecule has 0 fully saturated rings. The van der Waals surface area contributed by atoms with Crippen molar-refractivity contribution in [3.8, 4) is 0 Å². The normalized spacial score (nSPS) is 10.5. The first-order valence-electron chi connectivity index (χ1n) is 4.94. The fraction of sp³-hybridized carbons (Fsp3) is 0.167. The third-order valence-electron chi connectivity index (χ3n) is 2.51. The number of carbonyl (C=O) groups is 1. The van der Waals surface area contributed by atoms with Crippen molar-refractivity contribution in [2.24, 2.45) is 0 Å². The SMILES string of the molecule is COC(=O)c1cc(=O)c2cc(F)c(C)cc2[nH]1. The lowest BCUT2D eigenvalue weighted by Crippen LogP contribution is -2.11. The lowest BCUT2D eigenvalue weighted by atomic mass is 10.1. The van der Waals surface area contributed by atoms with Crippen LogP contribution >= 0.6 is 0 Å². The second-order valence-corrected chi connectivity index (χ2v) is 3.69. The Bertz CT molecular complexity index is 661. The molecule has 0 atom stereocenters. The summed E-state index contributed by atoms with van der Waals surface area (Å²) in [5.41, 5.74) is 0.445. The topological polar surface area (TPSA) is 59.2 Å². The first-order chi connectivity index (χ1) is 8.02. The van der Waals surface area contributed by atoms with Gasteiger partial charge >= 0.3 is 5.97 Å². The monoisotopic (exact) mass is 235 g/mol. The zero-order valence-electron chi connectivity index (χ0n) is 9.33. The van der Waals surface area contributed by atoms with E-state index in [2.05, 4.69) is 9.72 Å². The lowest BCUT2D eigenvalue weighted by Gasteiger charge is -2.04. The number of nitrogens with one attached hydrogen (secondary N) is 1. The van der Waals surface area contributed by atoms with E-state index in [4.69, 9.17) is 0 Å². The van der Waals surface area contributed by atoms with Gasteiger partial charge in [-0.1, -0.05) is 0 Å². The molecular weight excluding hydrogens is 225 g/mol. The fourth-order valence-electron chi connectivity index (χ4n) is 1.60. The number of aryl methyl sites for hydroxylation is 1. The van der Waals surface area contributed by atoms with E-state index >= 15 is 0 Å². The Balaban J connectivity index is 2.78. The van der Waals surface area contributed by atoms with Crippen molar-refractivity contribution in [3.63, 3.8) is 0 Å². The number of esters is 1. The van der Waals surface area contributed by atoms with Crippen molar-refractivity contribution in [2.75, 3.05) is 7.11 Å². The standard InChI is InChI=1S/C12H10FNO3/c1-6-3-9-7(4-8(6)13)11(15)5-10(14-9)12(16)17-2/h3-5H,1-2H3,(H,14,15). The summed E-state index contributed by atoms with van der Waals surface area (Å²) >= 11 is 0. The molecule has 0 aliphatic heterocycles. The minimum absolute atomic E-state index is 0.0519. The highest BCUT2D eigenvalue weighted by Gasteiger charge is 2.11. The maximum atomic E-state index is 13.3. The van der Waals surface area contributed by atoms with Crippen LogP contribution in [0.4, 0.5) is 4.39 Å². The molecule has 1 N–H and O–H groups in total. The highest BCUT2D eigenvalue weighted by atomic mass is 19.1. The van der Waals surface area contributed by atoms with Crippen molar-refractivity contribution < 1.29 is 13.9 Å². The minimum atomic E-state index is -0.633. The molecule has 1 heterocycles. The number of H-pyrrole nitrogens is 1. The van der Waals surface area contributed by atoms with Gasteiger partial charge in [-0.15, -0.1) is 0 Å². The Kier molecular flexibility index (Phi) is 2.67. The van der Waals surface area contributed by atoms with Crippen molar-refractivity contribution in [2.45, 2.75) is 6.92 Å². The number of hydrogen-bond acceptors (Lipinski definition) is 3.